The number of amides is 2. The summed E-state index contributed by atoms with van der Waals surface area (Å²) in [6.45, 7) is 0.336. The van der Waals surface area contributed by atoms with Gasteiger partial charge in [-0.3, -0.25) is 9.59 Å². The number of methoxy groups -OCH3 is 2. The summed E-state index contributed by atoms with van der Waals surface area (Å²) >= 11 is 0. The molecule has 7 nitrogen and oxygen atoms in total. The molecule has 1 heterocycles. The summed E-state index contributed by atoms with van der Waals surface area (Å²) in [5.41, 5.74) is 7.62. The van der Waals surface area contributed by atoms with E-state index in [0.29, 0.717) is 29.4 Å². The fourth-order valence-corrected chi connectivity index (χ4v) is 2.95. The SMILES string of the molecule is COc1ccc(N2CC(C(=O)Nc3ccc(OC)c(N)c3)CC2=O)cc1.Cl. The van der Waals surface area contributed by atoms with E-state index in [1.165, 1.54) is 7.11 Å². The molecule has 1 aliphatic rings. The highest BCUT2D eigenvalue weighted by atomic mass is 35.5. The van der Waals surface area contributed by atoms with Gasteiger partial charge in [0.05, 0.1) is 25.8 Å². The molecule has 0 bridgehead atoms. The van der Waals surface area contributed by atoms with Crippen molar-refractivity contribution in [2.75, 3.05) is 36.7 Å². The Hall–Kier alpha value is -2.93. The third-order valence-corrected chi connectivity index (χ3v) is 4.38. The largest absolute Gasteiger partial charge is 0.497 e. The van der Waals surface area contributed by atoms with Crippen molar-refractivity contribution < 1.29 is 19.1 Å². The van der Waals surface area contributed by atoms with Gasteiger partial charge in [0.1, 0.15) is 11.5 Å². The van der Waals surface area contributed by atoms with Gasteiger partial charge in [0.25, 0.3) is 0 Å². The molecule has 2 aromatic carbocycles. The Labute approximate surface area is 163 Å². The zero-order valence-electron chi connectivity index (χ0n) is 15.1. The molecule has 1 aliphatic heterocycles. The summed E-state index contributed by atoms with van der Waals surface area (Å²) in [5.74, 6) is 0.549. The molecule has 27 heavy (non-hydrogen) atoms. The van der Waals surface area contributed by atoms with Crippen LogP contribution in [0.3, 0.4) is 0 Å². The van der Waals surface area contributed by atoms with Crippen molar-refractivity contribution in [2.45, 2.75) is 6.42 Å². The number of rotatable bonds is 5. The van der Waals surface area contributed by atoms with Crippen molar-refractivity contribution in [3.63, 3.8) is 0 Å². The summed E-state index contributed by atoms with van der Waals surface area (Å²) < 4.78 is 10.2. The van der Waals surface area contributed by atoms with Gasteiger partial charge in [0.15, 0.2) is 0 Å². The fraction of sp³-hybridized carbons (Fsp3) is 0.263. The molecular weight excluding hydrogens is 370 g/mol. The Kier molecular flexibility index (Phi) is 6.52. The summed E-state index contributed by atoms with van der Waals surface area (Å²) in [4.78, 5) is 26.5. The number of nitrogens with one attached hydrogen (secondary N) is 1. The van der Waals surface area contributed by atoms with Crippen LogP contribution in [0.2, 0.25) is 0 Å². The van der Waals surface area contributed by atoms with Gasteiger partial charge in [0, 0.05) is 24.3 Å². The number of nitrogen functional groups attached to an aromatic ring is 1. The summed E-state index contributed by atoms with van der Waals surface area (Å²) in [7, 11) is 3.12. The topological polar surface area (TPSA) is 93.9 Å². The van der Waals surface area contributed by atoms with Crippen LogP contribution in [-0.2, 0) is 9.59 Å². The molecule has 3 rings (SSSR count). The molecule has 2 aromatic rings. The minimum Gasteiger partial charge on any atom is -0.497 e. The summed E-state index contributed by atoms with van der Waals surface area (Å²) in [6.07, 6.45) is 0.170. The lowest BCUT2D eigenvalue weighted by molar-refractivity contribution is -0.122. The molecule has 2 amide bonds. The van der Waals surface area contributed by atoms with Crippen molar-refractivity contribution in [1.29, 1.82) is 0 Å². The number of hydrogen-bond acceptors (Lipinski definition) is 5. The van der Waals surface area contributed by atoms with Gasteiger partial charge in [0.2, 0.25) is 11.8 Å². The average Bonchev–Trinajstić information content (AvgIpc) is 3.04. The van der Waals surface area contributed by atoms with E-state index >= 15 is 0 Å². The Bertz CT molecular complexity index is 826. The number of carbonyl (C=O) groups excluding carboxylic acids is 2. The van der Waals surface area contributed by atoms with Gasteiger partial charge < -0.3 is 25.4 Å². The number of anilines is 3. The van der Waals surface area contributed by atoms with Gasteiger partial charge in [-0.1, -0.05) is 0 Å². The summed E-state index contributed by atoms with van der Waals surface area (Å²) in [6, 6.07) is 12.2. The van der Waals surface area contributed by atoms with Gasteiger partial charge >= 0.3 is 0 Å². The zero-order chi connectivity index (χ0) is 18.7. The van der Waals surface area contributed by atoms with Crippen molar-refractivity contribution in [2.24, 2.45) is 5.92 Å². The monoisotopic (exact) mass is 391 g/mol. The van der Waals surface area contributed by atoms with Crippen LogP contribution in [-0.4, -0.2) is 32.6 Å². The van der Waals surface area contributed by atoms with Gasteiger partial charge in [-0.25, -0.2) is 0 Å². The maximum Gasteiger partial charge on any atom is 0.229 e. The molecule has 0 spiro atoms. The minimum absolute atomic E-state index is 0. The smallest absolute Gasteiger partial charge is 0.229 e. The molecule has 3 N–H and O–H groups in total. The lowest BCUT2D eigenvalue weighted by Gasteiger charge is -2.17. The average molecular weight is 392 g/mol. The van der Waals surface area contributed by atoms with E-state index in [2.05, 4.69) is 5.32 Å². The Balaban J connectivity index is 0.00000261. The lowest BCUT2D eigenvalue weighted by Crippen LogP contribution is -2.28. The van der Waals surface area contributed by atoms with Crippen LogP contribution < -0.4 is 25.4 Å². The molecule has 8 heteroatoms. The van der Waals surface area contributed by atoms with Crippen LogP contribution in [0.1, 0.15) is 6.42 Å². The van der Waals surface area contributed by atoms with Crippen LogP contribution in [0, 0.1) is 5.92 Å². The van der Waals surface area contributed by atoms with E-state index in [1.54, 1.807) is 54.5 Å². The van der Waals surface area contributed by atoms with Gasteiger partial charge in [-0.2, -0.15) is 0 Å². The third-order valence-electron chi connectivity index (χ3n) is 4.38. The maximum absolute atomic E-state index is 12.5. The van der Waals surface area contributed by atoms with E-state index in [9.17, 15) is 9.59 Å². The molecular formula is C19H22ClN3O4. The van der Waals surface area contributed by atoms with E-state index in [1.807, 2.05) is 0 Å². The van der Waals surface area contributed by atoms with E-state index in [-0.39, 0.29) is 30.6 Å². The minimum atomic E-state index is -0.423. The highest BCUT2D eigenvalue weighted by molar-refractivity contribution is 6.03. The maximum atomic E-state index is 12.5. The highest BCUT2D eigenvalue weighted by Gasteiger charge is 2.35. The third kappa shape index (κ3) is 4.43. The number of nitrogens with two attached hydrogens (primary N) is 1. The molecule has 0 aromatic heterocycles. The first-order valence-corrected chi connectivity index (χ1v) is 8.20. The van der Waals surface area contributed by atoms with Crippen LogP contribution in [0.15, 0.2) is 42.5 Å². The number of benzene rings is 2. The Morgan fingerprint density at radius 2 is 1.85 bits per heavy atom. The van der Waals surface area contributed by atoms with E-state index in [4.69, 9.17) is 15.2 Å². The Morgan fingerprint density at radius 3 is 2.44 bits per heavy atom. The molecule has 0 radical (unpaired) electrons. The summed E-state index contributed by atoms with van der Waals surface area (Å²) in [5, 5.41) is 2.81. The standard InChI is InChI=1S/C19H21N3O4.ClH/c1-25-15-6-4-14(5-7-15)22-11-12(9-18(22)23)19(24)21-13-3-8-17(26-2)16(20)10-13;/h3-8,10,12H,9,11,20H2,1-2H3,(H,21,24);1H. The van der Waals surface area contributed by atoms with Crippen molar-refractivity contribution in [1.82, 2.24) is 0 Å². The second-order valence-electron chi connectivity index (χ2n) is 6.05. The molecule has 1 fully saturated rings. The predicted molar refractivity (Wildman–Crippen MR) is 107 cm³/mol. The highest BCUT2D eigenvalue weighted by Crippen LogP contribution is 2.29. The molecule has 0 aliphatic carbocycles. The second kappa shape index (κ2) is 8.64. The second-order valence-corrected chi connectivity index (χ2v) is 6.05. The lowest BCUT2D eigenvalue weighted by atomic mass is 10.1. The molecule has 1 saturated heterocycles. The normalized spacial score (nSPS) is 15.9. The van der Waals surface area contributed by atoms with Crippen LogP contribution in [0.5, 0.6) is 11.5 Å². The van der Waals surface area contributed by atoms with Crippen LogP contribution >= 0.6 is 12.4 Å². The van der Waals surface area contributed by atoms with E-state index < -0.39 is 5.92 Å². The number of ether oxygens (including phenoxy) is 2. The molecule has 1 unspecified atom stereocenters. The van der Waals surface area contributed by atoms with Gasteiger partial charge in [-0.05, 0) is 42.5 Å². The number of carbonyl (C=O) groups is 2. The number of nitrogens with zero attached hydrogens (tertiary/aromatic N) is 1. The molecule has 144 valence electrons. The molecule has 0 saturated carbocycles. The van der Waals surface area contributed by atoms with Crippen LogP contribution in [0.4, 0.5) is 17.1 Å². The molecule has 1 atom stereocenters. The van der Waals surface area contributed by atoms with E-state index in [0.717, 1.165) is 5.69 Å². The number of halogens is 1. The first-order valence-electron chi connectivity index (χ1n) is 8.20. The Morgan fingerprint density at radius 1 is 1.15 bits per heavy atom. The predicted octanol–water partition coefficient (Wildman–Crippen LogP) is 2.70. The van der Waals surface area contributed by atoms with Crippen molar-refractivity contribution >= 4 is 41.3 Å². The van der Waals surface area contributed by atoms with Crippen LogP contribution in [0.25, 0.3) is 0 Å². The number of hydrogen-bond donors (Lipinski definition) is 2. The zero-order valence-corrected chi connectivity index (χ0v) is 15.9. The van der Waals surface area contributed by atoms with Gasteiger partial charge in [-0.15, -0.1) is 12.4 Å². The van der Waals surface area contributed by atoms with Crippen molar-refractivity contribution in [3.8, 4) is 11.5 Å². The van der Waals surface area contributed by atoms with Crippen molar-refractivity contribution in [3.05, 3.63) is 42.5 Å². The first-order chi connectivity index (χ1) is 12.5. The first kappa shape index (κ1) is 20.4. The quantitative estimate of drug-likeness (QED) is 0.764. The fourth-order valence-electron chi connectivity index (χ4n) is 2.95.